The molecule has 0 radical (unpaired) electrons. The minimum Gasteiger partial charge on any atom is -0.325 e. The summed E-state index contributed by atoms with van der Waals surface area (Å²) in [6.07, 6.45) is 2.26. The van der Waals surface area contributed by atoms with Gasteiger partial charge >= 0.3 is 7.60 Å². The highest BCUT2D eigenvalue weighted by molar-refractivity contribution is 8.03. The molecule has 1 aliphatic heterocycles. The molecule has 0 saturated heterocycles. The molecule has 2 aromatic rings. The van der Waals surface area contributed by atoms with Crippen LogP contribution in [-0.2, 0) is 24.6 Å². The molecule has 1 aliphatic rings. The van der Waals surface area contributed by atoms with E-state index in [-0.39, 0.29) is 17.3 Å². The molecule has 5 nitrogen and oxygen atoms in total. The Balaban J connectivity index is 1.71. The van der Waals surface area contributed by atoms with Crippen molar-refractivity contribution in [3.63, 3.8) is 0 Å². The van der Waals surface area contributed by atoms with E-state index in [1.54, 1.807) is 13.8 Å². The summed E-state index contributed by atoms with van der Waals surface area (Å²) in [6.45, 7) is 8.40. The Morgan fingerprint density at radius 2 is 1.70 bits per heavy atom. The van der Waals surface area contributed by atoms with Crippen LogP contribution in [0.1, 0.15) is 46.9 Å². The zero-order chi connectivity index (χ0) is 21.7. The van der Waals surface area contributed by atoms with Gasteiger partial charge in [-0.1, -0.05) is 24.3 Å². The minimum atomic E-state index is -3.15. The van der Waals surface area contributed by atoms with E-state index >= 15 is 0 Å². The highest BCUT2D eigenvalue weighted by atomic mass is 32.2. The highest BCUT2D eigenvalue weighted by Gasteiger charge is 2.26. The first kappa shape index (κ1) is 22.8. The van der Waals surface area contributed by atoms with Crippen molar-refractivity contribution in [3.05, 3.63) is 69.6 Å². The Morgan fingerprint density at radius 3 is 2.33 bits per heavy atom. The lowest BCUT2D eigenvalue weighted by atomic mass is 9.97. The number of carbonyl (C=O) groups excluding carboxylic acids is 1. The lowest BCUT2D eigenvalue weighted by Crippen LogP contribution is -2.20. The number of fused-ring (bicyclic) bond motifs is 1. The van der Waals surface area contributed by atoms with Gasteiger partial charge in [0.05, 0.1) is 19.4 Å². The summed E-state index contributed by atoms with van der Waals surface area (Å²) in [6, 6.07) is 11.6. The van der Waals surface area contributed by atoms with Crippen LogP contribution in [0.3, 0.4) is 0 Å². The summed E-state index contributed by atoms with van der Waals surface area (Å²) in [5, 5.41) is 4.69. The molecule has 1 heterocycles. The zero-order valence-electron chi connectivity index (χ0n) is 17.8. The summed E-state index contributed by atoms with van der Waals surface area (Å²) in [5.74, 6) is -0.0593. The standard InChI is InChI=1S/C23H28NO4PS/c1-5-27-29(26,28-6-2)15-18-7-9-20(10-8-18)24-23(25)22-21-14-17(4)16(3)13-19(21)11-12-30-22/h7-14,22H,5-6,15H2,1-4H3,(H,24,25). The second kappa shape index (κ2) is 9.97. The molecule has 0 bridgehead atoms. The van der Waals surface area contributed by atoms with Crippen LogP contribution < -0.4 is 5.32 Å². The van der Waals surface area contributed by atoms with Gasteiger partial charge in [-0.3, -0.25) is 9.36 Å². The fourth-order valence-corrected chi connectivity index (χ4v) is 5.96. The van der Waals surface area contributed by atoms with E-state index in [0.29, 0.717) is 18.9 Å². The molecule has 3 rings (SSSR count). The fraction of sp³-hybridized carbons (Fsp3) is 0.348. The van der Waals surface area contributed by atoms with Crippen molar-refractivity contribution in [1.82, 2.24) is 0 Å². The first-order valence-electron chi connectivity index (χ1n) is 10.1. The van der Waals surface area contributed by atoms with Crippen LogP contribution in [0.2, 0.25) is 0 Å². The number of carbonyl (C=O) groups is 1. The van der Waals surface area contributed by atoms with Crippen LogP contribution in [0.25, 0.3) is 6.08 Å². The molecule has 0 saturated carbocycles. The third-order valence-electron chi connectivity index (χ3n) is 4.93. The first-order valence-corrected chi connectivity index (χ1v) is 12.7. The molecule has 2 aromatic carbocycles. The van der Waals surface area contributed by atoms with Crippen molar-refractivity contribution in [3.8, 4) is 0 Å². The van der Waals surface area contributed by atoms with Gasteiger partial charge in [0, 0.05) is 5.69 Å². The van der Waals surface area contributed by atoms with Gasteiger partial charge in [-0.25, -0.2) is 0 Å². The van der Waals surface area contributed by atoms with Gasteiger partial charge in [-0.05, 0) is 79.1 Å². The van der Waals surface area contributed by atoms with Gasteiger partial charge in [-0.15, -0.1) is 11.8 Å². The van der Waals surface area contributed by atoms with Gasteiger partial charge in [0.1, 0.15) is 5.25 Å². The number of rotatable bonds is 8. The summed E-state index contributed by atoms with van der Waals surface area (Å²) < 4.78 is 23.4. The molecule has 1 amide bonds. The van der Waals surface area contributed by atoms with E-state index in [9.17, 15) is 9.36 Å². The monoisotopic (exact) mass is 445 g/mol. The predicted octanol–water partition coefficient (Wildman–Crippen LogP) is 6.47. The average Bonchev–Trinajstić information content (AvgIpc) is 2.70. The van der Waals surface area contributed by atoms with Crippen LogP contribution in [0.15, 0.2) is 41.8 Å². The van der Waals surface area contributed by atoms with E-state index in [1.807, 2.05) is 29.7 Å². The highest BCUT2D eigenvalue weighted by Crippen LogP contribution is 2.51. The molecule has 0 spiro atoms. The molecule has 0 fully saturated rings. The lowest BCUT2D eigenvalue weighted by Gasteiger charge is -2.22. The maximum absolute atomic E-state index is 13.0. The number of benzene rings is 2. The fourth-order valence-electron chi connectivity index (χ4n) is 3.35. The largest absolute Gasteiger partial charge is 0.335 e. The zero-order valence-corrected chi connectivity index (χ0v) is 19.5. The number of amides is 1. The Morgan fingerprint density at radius 1 is 1.07 bits per heavy atom. The number of anilines is 1. The van der Waals surface area contributed by atoms with E-state index in [2.05, 4.69) is 37.4 Å². The molecule has 7 heteroatoms. The normalized spacial score (nSPS) is 15.7. The minimum absolute atomic E-state index is 0.0593. The Kier molecular flexibility index (Phi) is 7.59. The number of thioether (sulfide) groups is 1. The Bertz CT molecular complexity index is 977. The third kappa shape index (κ3) is 5.44. The molecule has 160 valence electrons. The quantitative estimate of drug-likeness (QED) is 0.472. The van der Waals surface area contributed by atoms with Crippen LogP contribution in [0.4, 0.5) is 5.69 Å². The summed E-state index contributed by atoms with van der Waals surface area (Å²) in [7, 11) is -3.15. The Hall–Kier alpha value is -1.85. The number of hydrogen-bond acceptors (Lipinski definition) is 5. The summed E-state index contributed by atoms with van der Waals surface area (Å²) in [4.78, 5) is 13.0. The van der Waals surface area contributed by atoms with Crippen LogP contribution in [0.5, 0.6) is 0 Å². The Labute approximate surface area is 182 Å². The molecular weight excluding hydrogens is 417 g/mol. The molecular formula is C23H28NO4PS. The molecule has 1 N–H and O–H groups in total. The maximum atomic E-state index is 13.0. The maximum Gasteiger partial charge on any atom is 0.335 e. The van der Waals surface area contributed by atoms with Gasteiger partial charge in [0.15, 0.2) is 0 Å². The SMILES string of the molecule is CCOP(=O)(Cc1ccc(NC(=O)C2SC=Cc3cc(C)c(C)cc32)cc1)OCC. The number of nitrogens with one attached hydrogen (secondary N) is 1. The third-order valence-corrected chi connectivity index (χ3v) is 8.02. The lowest BCUT2D eigenvalue weighted by molar-refractivity contribution is -0.115. The summed E-state index contributed by atoms with van der Waals surface area (Å²) in [5.41, 5.74) is 6.07. The van der Waals surface area contributed by atoms with Crippen molar-refractivity contribution >= 4 is 37.0 Å². The average molecular weight is 446 g/mol. The second-order valence-electron chi connectivity index (χ2n) is 7.17. The van der Waals surface area contributed by atoms with E-state index in [1.165, 1.54) is 22.9 Å². The second-order valence-corrected chi connectivity index (χ2v) is 10.2. The summed E-state index contributed by atoms with van der Waals surface area (Å²) >= 11 is 1.51. The van der Waals surface area contributed by atoms with Crippen LogP contribution >= 0.6 is 19.4 Å². The van der Waals surface area contributed by atoms with Crippen molar-refractivity contribution in [2.24, 2.45) is 0 Å². The van der Waals surface area contributed by atoms with E-state index in [0.717, 1.165) is 16.7 Å². The molecule has 1 unspecified atom stereocenters. The van der Waals surface area contributed by atoms with Crippen molar-refractivity contribution in [2.45, 2.75) is 39.1 Å². The molecule has 30 heavy (non-hydrogen) atoms. The van der Waals surface area contributed by atoms with E-state index < -0.39 is 7.60 Å². The van der Waals surface area contributed by atoms with Crippen LogP contribution in [0, 0.1) is 13.8 Å². The van der Waals surface area contributed by atoms with Crippen molar-refractivity contribution in [2.75, 3.05) is 18.5 Å². The first-order chi connectivity index (χ1) is 14.3. The molecule has 1 atom stereocenters. The number of hydrogen-bond donors (Lipinski definition) is 1. The smallest absolute Gasteiger partial charge is 0.325 e. The molecule has 0 aromatic heterocycles. The molecule has 0 aliphatic carbocycles. The van der Waals surface area contributed by atoms with Gasteiger partial charge in [-0.2, -0.15) is 0 Å². The topological polar surface area (TPSA) is 64.6 Å². The number of aryl methyl sites for hydroxylation is 2. The van der Waals surface area contributed by atoms with Crippen molar-refractivity contribution < 1.29 is 18.4 Å². The van der Waals surface area contributed by atoms with Crippen molar-refractivity contribution in [1.29, 1.82) is 0 Å². The van der Waals surface area contributed by atoms with Gasteiger partial charge < -0.3 is 14.4 Å². The predicted molar refractivity (Wildman–Crippen MR) is 125 cm³/mol. The van der Waals surface area contributed by atoms with E-state index in [4.69, 9.17) is 9.05 Å². The van der Waals surface area contributed by atoms with Crippen LogP contribution in [-0.4, -0.2) is 19.1 Å². The van der Waals surface area contributed by atoms with Gasteiger partial charge in [0.25, 0.3) is 0 Å². The van der Waals surface area contributed by atoms with Gasteiger partial charge in [0.2, 0.25) is 5.91 Å².